The third-order valence-corrected chi connectivity index (χ3v) is 7.74. The number of furan rings is 1. The summed E-state index contributed by atoms with van der Waals surface area (Å²) in [5, 5.41) is 2.82. The summed E-state index contributed by atoms with van der Waals surface area (Å²) in [4.78, 5) is 14.7. The van der Waals surface area contributed by atoms with Crippen LogP contribution in [0.3, 0.4) is 0 Å². The van der Waals surface area contributed by atoms with E-state index in [-0.39, 0.29) is 19.1 Å². The van der Waals surface area contributed by atoms with Gasteiger partial charge in [0.15, 0.2) is 0 Å². The van der Waals surface area contributed by atoms with E-state index in [0.717, 1.165) is 4.88 Å². The normalized spacial score (nSPS) is 11.4. The summed E-state index contributed by atoms with van der Waals surface area (Å²) < 4.78 is 32.1. The molecule has 0 saturated carbocycles. The maximum absolute atomic E-state index is 12.5. The number of carbonyl (C=O) groups is 1. The Labute approximate surface area is 170 Å². The van der Waals surface area contributed by atoms with E-state index in [1.165, 1.54) is 20.5 Å². The number of terminal acetylenes is 1. The summed E-state index contributed by atoms with van der Waals surface area (Å²) in [7, 11) is -3.45. The lowest BCUT2D eigenvalue weighted by atomic mass is 10.3. The Hall–Kier alpha value is -2.28. The van der Waals surface area contributed by atoms with Crippen LogP contribution in [0.2, 0.25) is 0 Å². The number of hydrogen-bond acceptors (Lipinski definition) is 5. The second-order valence-corrected chi connectivity index (χ2v) is 9.26. The van der Waals surface area contributed by atoms with E-state index < -0.39 is 10.0 Å². The number of rotatable bonds is 10. The molecule has 0 aliphatic heterocycles. The predicted molar refractivity (Wildman–Crippen MR) is 109 cm³/mol. The minimum atomic E-state index is -3.45. The molecule has 0 saturated heterocycles. The molecular weight excluding hydrogens is 398 g/mol. The zero-order chi connectivity index (χ0) is 20.6. The minimum absolute atomic E-state index is 0.164. The zero-order valence-corrected chi connectivity index (χ0v) is 17.7. The van der Waals surface area contributed by atoms with Gasteiger partial charge in [-0.3, -0.25) is 0 Å². The first-order valence-corrected chi connectivity index (χ1v) is 11.3. The van der Waals surface area contributed by atoms with Gasteiger partial charge in [0.1, 0.15) is 9.97 Å². The largest absolute Gasteiger partial charge is 0.467 e. The van der Waals surface area contributed by atoms with E-state index in [4.69, 9.17) is 10.8 Å². The zero-order valence-electron chi connectivity index (χ0n) is 16.1. The van der Waals surface area contributed by atoms with Gasteiger partial charge in [0.25, 0.3) is 10.0 Å². The minimum Gasteiger partial charge on any atom is -0.467 e. The van der Waals surface area contributed by atoms with Crippen LogP contribution in [0.4, 0.5) is 4.79 Å². The van der Waals surface area contributed by atoms with Crippen LogP contribution in [0.15, 0.2) is 39.2 Å². The highest BCUT2D eigenvalue weighted by Crippen LogP contribution is 2.25. The highest BCUT2D eigenvalue weighted by Gasteiger charge is 2.23. The first-order chi connectivity index (χ1) is 13.4. The fraction of sp³-hybridized carbons (Fsp3) is 0.421. The summed E-state index contributed by atoms with van der Waals surface area (Å²) >= 11 is 1.23. The van der Waals surface area contributed by atoms with Crippen molar-refractivity contribution < 1.29 is 17.6 Å². The fourth-order valence-electron chi connectivity index (χ4n) is 2.63. The molecular formula is C19H25N3O4S2. The topological polar surface area (TPSA) is 82.9 Å². The standard InChI is InChI=1S/C19H25N3O4S2/c1-4-13-21(15-16-8-7-14-26-16)19(23)20-12-11-17-9-10-18(27-17)28(24,25)22(5-2)6-3/h1,7-10,14H,5-6,11-13,15H2,2-3H3,(H,20,23). The molecule has 0 aliphatic rings. The molecule has 0 aromatic carbocycles. The number of urea groups is 1. The van der Waals surface area contributed by atoms with Crippen molar-refractivity contribution in [3.05, 3.63) is 41.2 Å². The number of thiophene rings is 1. The van der Waals surface area contributed by atoms with Gasteiger partial charge in [-0.2, -0.15) is 4.31 Å². The smallest absolute Gasteiger partial charge is 0.318 e. The number of nitrogens with one attached hydrogen (secondary N) is 1. The van der Waals surface area contributed by atoms with Gasteiger partial charge in [-0.1, -0.05) is 19.8 Å². The average molecular weight is 424 g/mol. The molecule has 2 aromatic heterocycles. The highest BCUT2D eigenvalue weighted by atomic mass is 32.2. The van der Waals surface area contributed by atoms with Gasteiger partial charge in [0, 0.05) is 24.5 Å². The molecule has 2 rings (SSSR count). The van der Waals surface area contributed by atoms with Crippen molar-refractivity contribution in [1.29, 1.82) is 0 Å². The molecule has 28 heavy (non-hydrogen) atoms. The Morgan fingerprint density at radius 3 is 2.64 bits per heavy atom. The average Bonchev–Trinajstić information content (AvgIpc) is 3.34. The van der Waals surface area contributed by atoms with Crippen molar-refractivity contribution in [2.75, 3.05) is 26.2 Å². The second-order valence-electron chi connectivity index (χ2n) is 5.93. The number of amides is 2. The van der Waals surface area contributed by atoms with Crippen molar-refractivity contribution >= 4 is 27.4 Å². The Kier molecular flexibility index (Phi) is 8.11. The fourth-order valence-corrected chi connectivity index (χ4v) is 5.59. The third kappa shape index (κ3) is 5.61. The van der Waals surface area contributed by atoms with Crippen LogP contribution in [-0.4, -0.2) is 49.8 Å². The number of sulfonamides is 1. The van der Waals surface area contributed by atoms with E-state index in [2.05, 4.69) is 11.2 Å². The highest BCUT2D eigenvalue weighted by molar-refractivity contribution is 7.91. The monoisotopic (exact) mass is 423 g/mol. The molecule has 0 atom stereocenters. The second kappa shape index (κ2) is 10.3. The Bertz CT molecular complexity index is 894. The van der Waals surface area contributed by atoms with Gasteiger partial charge >= 0.3 is 6.03 Å². The van der Waals surface area contributed by atoms with Gasteiger partial charge < -0.3 is 14.6 Å². The lowest BCUT2D eigenvalue weighted by molar-refractivity contribution is 0.198. The van der Waals surface area contributed by atoms with Crippen LogP contribution in [0.25, 0.3) is 0 Å². The Morgan fingerprint density at radius 2 is 2.04 bits per heavy atom. The van der Waals surface area contributed by atoms with Crippen LogP contribution in [0, 0.1) is 12.3 Å². The molecule has 0 spiro atoms. The van der Waals surface area contributed by atoms with Gasteiger partial charge in [-0.05, 0) is 30.7 Å². The van der Waals surface area contributed by atoms with Gasteiger partial charge in [-0.25, -0.2) is 13.2 Å². The van der Waals surface area contributed by atoms with Crippen molar-refractivity contribution in [1.82, 2.24) is 14.5 Å². The quantitative estimate of drug-likeness (QED) is 0.596. The van der Waals surface area contributed by atoms with E-state index in [1.54, 1.807) is 30.5 Å². The molecule has 1 N–H and O–H groups in total. The number of hydrogen-bond donors (Lipinski definition) is 1. The lowest BCUT2D eigenvalue weighted by Crippen LogP contribution is -2.40. The molecule has 9 heteroatoms. The van der Waals surface area contributed by atoms with Crippen molar-refractivity contribution in [3.63, 3.8) is 0 Å². The SMILES string of the molecule is C#CCN(Cc1ccco1)C(=O)NCCc1ccc(S(=O)(=O)N(CC)CC)s1. The molecule has 2 aromatic rings. The summed E-state index contributed by atoms with van der Waals surface area (Å²) in [6.07, 6.45) is 7.43. The van der Waals surface area contributed by atoms with Crippen LogP contribution in [0.1, 0.15) is 24.5 Å². The molecule has 0 bridgehead atoms. The van der Waals surface area contributed by atoms with Crippen LogP contribution >= 0.6 is 11.3 Å². The van der Waals surface area contributed by atoms with Crippen molar-refractivity contribution in [2.24, 2.45) is 0 Å². The van der Waals surface area contributed by atoms with Crippen LogP contribution in [0.5, 0.6) is 0 Å². The first-order valence-electron chi connectivity index (χ1n) is 8.99. The molecule has 0 aliphatic carbocycles. The van der Waals surface area contributed by atoms with Gasteiger partial charge in [0.2, 0.25) is 0 Å². The van der Waals surface area contributed by atoms with Crippen LogP contribution in [-0.2, 0) is 23.0 Å². The van der Waals surface area contributed by atoms with E-state index in [0.29, 0.717) is 36.0 Å². The van der Waals surface area contributed by atoms with E-state index in [9.17, 15) is 13.2 Å². The van der Waals surface area contributed by atoms with Crippen molar-refractivity contribution in [3.8, 4) is 12.3 Å². The van der Waals surface area contributed by atoms with E-state index >= 15 is 0 Å². The summed E-state index contributed by atoms with van der Waals surface area (Å²) in [5.74, 6) is 3.11. The summed E-state index contributed by atoms with van der Waals surface area (Å²) in [6, 6.07) is 6.65. The van der Waals surface area contributed by atoms with Crippen molar-refractivity contribution in [2.45, 2.75) is 31.0 Å². The van der Waals surface area contributed by atoms with Gasteiger partial charge in [-0.15, -0.1) is 17.8 Å². The molecule has 0 radical (unpaired) electrons. The summed E-state index contributed by atoms with van der Waals surface area (Å²) in [6.45, 7) is 5.33. The van der Waals surface area contributed by atoms with Gasteiger partial charge in [0.05, 0.1) is 19.4 Å². The number of carbonyl (C=O) groups excluding carboxylic acids is 1. The van der Waals surface area contributed by atoms with Crippen LogP contribution < -0.4 is 5.32 Å². The van der Waals surface area contributed by atoms with E-state index in [1.807, 2.05) is 13.8 Å². The molecule has 0 fully saturated rings. The lowest BCUT2D eigenvalue weighted by Gasteiger charge is -2.19. The Balaban J connectivity index is 1.91. The Morgan fingerprint density at radius 1 is 1.29 bits per heavy atom. The molecule has 152 valence electrons. The molecule has 0 unspecified atom stereocenters. The third-order valence-electron chi connectivity index (χ3n) is 4.08. The summed E-state index contributed by atoms with van der Waals surface area (Å²) in [5.41, 5.74) is 0. The molecule has 2 amide bonds. The predicted octanol–water partition coefficient (Wildman–Crippen LogP) is 2.76. The molecule has 7 nitrogen and oxygen atoms in total. The maximum atomic E-state index is 12.5. The maximum Gasteiger partial charge on any atom is 0.318 e. The molecule has 2 heterocycles. The number of nitrogens with zero attached hydrogens (tertiary/aromatic N) is 2. The first kappa shape index (κ1) is 22.0.